The first kappa shape index (κ1) is 14.4. The lowest BCUT2D eigenvalue weighted by Crippen LogP contribution is -2.33. The number of nitrogens with zero attached hydrogens (tertiary/aromatic N) is 2. The summed E-state index contributed by atoms with van der Waals surface area (Å²) in [5, 5.41) is 13.2. The molecule has 0 fully saturated rings. The molecule has 1 aromatic rings. The summed E-state index contributed by atoms with van der Waals surface area (Å²) >= 11 is 3.35. The Morgan fingerprint density at radius 2 is 2.12 bits per heavy atom. The van der Waals surface area contributed by atoms with Crippen LogP contribution in [0.3, 0.4) is 0 Å². The van der Waals surface area contributed by atoms with Crippen LogP contribution < -0.4 is 5.32 Å². The minimum Gasteiger partial charge on any atom is -0.388 e. The molecule has 0 spiro atoms. The van der Waals surface area contributed by atoms with Crippen molar-refractivity contribution in [1.29, 1.82) is 0 Å². The fourth-order valence-electron chi connectivity index (χ4n) is 1.62. The first-order valence-corrected chi connectivity index (χ1v) is 6.76. The standard InChI is InChI=1S/C12H20BrN3O/c1-4-6-12(3,17)8-14-11-7-9(13)15-10(5-2)16-11/h7,17H,4-6,8H2,1-3H3,(H,14,15,16). The minimum atomic E-state index is -0.696. The van der Waals surface area contributed by atoms with Gasteiger partial charge in [0, 0.05) is 19.0 Å². The lowest BCUT2D eigenvalue weighted by Gasteiger charge is -2.23. The van der Waals surface area contributed by atoms with E-state index in [1.807, 2.05) is 19.9 Å². The number of aromatic nitrogens is 2. The summed E-state index contributed by atoms with van der Waals surface area (Å²) in [5.74, 6) is 1.54. The zero-order valence-electron chi connectivity index (χ0n) is 10.6. The summed E-state index contributed by atoms with van der Waals surface area (Å²) in [6, 6.07) is 1.82. The highest BCUT2D eigenvalue weighted by molar-refractivity contribution is 9.10. The van der Waals surface area contributed by atoms with Gasteiger partial charge in [0.05, 0.1) is 5.60 Å². The van der Waals surface area contributed by atoms with E-state index in [0.29, 0.717) is 6.54 Å². The molecule has 17 heavy (non-hydrogen) atoms. The highest BCUT2D eigenvalue weighted by atomic mass is 79.9. The molecule has 0 radical (unpaired) electrons. The Bertz CT molecular complexity index is 369. The van der Waals surface area contributed by atoms with Crippen molar-refractivity contribution >= 4 is 21.7 Å². The third-order valence-corrected chi connectivity index (χ3v) is 2.90. The van der Waals surface area contributed by atoms with Crippen molar-refractivity contribution in [3.05, 3.63) is 16.5 Å². The Morgan fingerprint density at radius 1 is 1.41 bits per heavy atom. The summed E-state index contributed by atoms with van der Waals surface area (Å²) in [6.07, 6.45) is 2.52. The molecule has 0 aromatic carbocycles. The molecule has 1 heterocycles. The number of hydrogen-bond donors (Lipinski definition) is 2. The van der Waals surface area contributed by atoms with Gasteiger partial charge in [0.25, 0.3) is 0 Å². The molecule has 0 saturated heterocycles. The van der Waals surface area contributed by atoms with Gasteiger partial charge in [-0.1, -0.05) is 20.3 Å². The van der Waals surface area contributed by atoms with E-state index in [2.05, 4.69) is 38.1 Å². The van der Waals surface area contributed by atoms with E-state index in [-0.39, 0.29) is 0 Å². The molecular formula is C12H20BrN3O. The van der Waals surface area contributed by atoms with Crippen molar-refractivity contribution in [1.82, 2.24) is 9.97 Å². The maximum Gasteiger partial charge on any atom is 0.131 e. The molecule has 1 atom stereocenters. The van der Waals surface area contributed by atoms with Gasteiger partial charge in [-0.15, -0.1) is 0 Å². The largest absolute Gasteiger partial charge is 0.388 e. The first-order chi connectivity index (χ1) is 7.96. The fourth-order valence-corrected chi connectivity index (χ4v) is 2.04. The van der Waals surface area contributed by atoms with Gasteiger partial charge in [-0.25, -0.2) is 9.97 Å². The quantitative estimate of drug-likeness (QED) is 0.793. The maximum absolute atomic E-state index is 10.1. The number of anilines is 1. The molecule has 0 saturated carbocycles. The second kappa shape index (κ2) is 6.31. The Labute approximate surface area is 111 Å². The van der Waals surface area contributed by atoms with Gasteiger partial charge < -0.3 is 10.4 Å². The smallest absolute Gasteiger partial charge is 0.131 e. The third kappa shape index (κ3) is 5.00. The van der Waals surface area contributed by atoms with Crippen molar-refractivity contribution in [2.24, 2.45) is 0 Å². The van der Waals surface area contributed by atoms with Crippen LogP contribution in [0, 0.1) is 0 Å². The molecule has 0 bridgehead atoms. The van der Waals surface area contributed by atoms with E-state index in [9.17, 15) is 5.11 Å². The predicted molar refractivity (Wildman–Crippen MR) is 73.1 cm³/mol. The molecule has 1 rings (SSSR count). The van der Waals surface area contributed by atoms with Gasteiger partial charge in [0.15, 0.2) is 0 Å². The lowest BCUT2D eigenvalue weighted by molar-refractivity contribution is 0.0636. The monoisotopic (exact) mass is 301 g/mol. The maximum atomic E-state index is 10.1. The van der Waals surface area contributed by atoms with Crippen LogP contribution in [-0.4, -0.2) is 27.2 Å². The molecule has 2 N–H and O–H groups in total. The number of nitrogens with one attached hydrogen (secondary N) is 1. The van der Waals surface area contributed by atoms with Crippen LogP contribution in [-0.2, 0) is 6.42 Å². The third-order valence-electron chi connectivity index (χ3n) is 2.50. The van der Waals surface area contributed by atoms with Crippen molar-refractivity contribution in [3.63, 3.8) is 0 Å². The Hall–Kier alpha value is -0.680. The number of hydrogen-bond acceptors (Lipinski definition) is 4. The molecule has 0 aliphatic heterocycles. The Morgan fingerprint density at radius 3 is 2.71 bits per heavy atom. The molecule has 1 aromatic heterocycles. The first-order valence-electron chi connectivity index (χ1n) is 5.96. The van der Waals surface area contributed by atoms with E-state index in [4.69, 9.17) is 0 Å². The fraction of sp³-hybridized carbons (Fsp3) is 0.667. The summed E-state index contributed by atoms with van der Waals surface area (Å²) < 4.78 is 0.766. The highest BCUT2D eigenvalue weighted by Crippen LogP contribution is 2.16. The predicted octanol–water partition coefficient (Wildman–Crippen LogP) is 2.76. The summed E-state index contributed by atoms with van der Waals surface area (Å²) in [4.78, 5) is 8.59. The molecule has 96 valence electrons. The van der Waals surface area contributed by atoms with E-state index >= 15 is 0 Å². The molecule has 4 nitrogen and oxygen atoms in total. The normalized spacial score (nSPS) is 14.4. The van der Waals surface area contributed by atoms with Crippen LogP contribution in [0.2, 0.25) is 0 Å². The van der Waals surface area contributed by atoms with E-state index < -0.39 is 5.60 Å². The van der Waals surface area contributed by atoms with Gasteiger partial charge >= 0.3 is 0 Å². The van der Waals surface area contributed by atoms with Crippen LogP contribution >= 0.6 is 15.9 Å². The van der Waals surface area contributed by atoms with Gasteiger partial charge in [-0.2, -0.15) is 0 Å². The molecular weight excluding hydrogens is 282 g/mol. The molecule has 0 aliphatic rings. The molecule has 5 heteroatoms. The average molecular weight is 302 g/mol. The Balaban J connectivity index is 2.65. The second-order valence-corrected chi connectivity index (χ2v) is 5.26. The molecule has 1 unspecified atom stereocenters. The molecule has 0 aliphatic carbocycles. The summed E-state index contributed by atoms with van der Waals surface area (Å²) in [6.45, 7) is 6.40. The van der Waals surface area contributed by atoms with Gasteiger partial charge in [0.1, 0.15) is 16.2 Å². The van der Waals surface area contributed by atoms with Crippen LogP contribution in [0.5, 0.6) is 0 Å². The molecule has 0 amide bonds. The van der Waals surface area contributed by atoms with Crippen molar-refractivity contribution in [2.45, 2.75) is 45.6 Å². The van der Waals surface area contributed by atoms with Crippen molar-refractivity contribution in [3.8, 4) is 0 Å². The van der Waals surface area contributed by atoms with Crippen LogP contribution in [0.4, 0.5) is 5.82 Å². The van der Waals surface area contributed by atoms with E-state index in [1.165, 1.54) is 0 Å². The van der Waals surface area contributed by atoms with Crippen molar-refractivity contribution < 1.29 is 5.11 Å². The van der Waals surface area contributed by atoms with Crippen LogP contribution in [0.1, 0.15) is 39.4 Å². The highest BCUT2D eigenvalue weighted by Gasteiger charge is 2.18. The number of halogens is 1. The minimum absolute atomic E-state index is 0.493. The summed E-state index contributed by atoms with van der Waals surface area (Å²) in [7, 11) is 0. The summed E-state index contributed by atoms with van der Waals surface area (Å²) in [5.41, 5.74) is -0.696. The second-order valence-electron chi connectivity index (χ2n) is 4.45. The Kier molecular flexibility index (Phi) is 5.33. The average Bonchev–Trinajstić information content (AvgIpc) is 2.26. The SMILES string of the molecule is CCCC(C)(O)CNc1cc(Br)nc(CC)n1. The van der Waals surface area contributed by atoms with Crippen molar-refractivity contribution in [2.75, 3.05) is 11.9 Å². The van der Waals surface area contributed by atoms with Crippen LogP contribution in [0.25, 0.3) is 0 Å². The lowest BCUT2D eigenvalue weighted by atomic mass is 10.0. The number of rotatable bonds is 6. The van der Waals surface area contributed by atoms with Gasteiger partial charge in [0.2, 0.25) is 0 Å². The number of aliphatic hydroxyl groups is 1. The van der Waals surface area contributed by atoms with Gasteiger partial charge in [-0.3, -0.25) is 0 Å². The number of aryl methyl sites for hydroxylation is 1. The topological polar surface area (TPSA) is 58.0 Å². The van der Waals surface area contributed by atoms with E-state index in [0.717, 1.165) is 35.5 Å². The zero-order chi connectivity index (χ0) is 12.9. The van der Waals surface area contributed by atoms with E-state index in [1.54, 1.807) is 0 Å². The zero-order valence-corrected chi connectivity index (χ0v) is 12.2. The van der Waals surface area contributed by atoms with Gasteiger partial charge in [-0.05, 0) is 29.3 Å². The van der Waals surface area contributed by atoms with Crippen LogP contribution in [0.15, 0.2) is 10.7 Å².